The molecule has 0 saturated carbocycles. The number of halogens is 6. The van der Waals surface area contributed by atoms with Gasteiger partial charge in [-0.1, -0.05) is 30.0 Å². The van der Waals surface area contributed by atoms with E-state index in [1.807, 2.05) is 0 Å². The van der Waals surface area contributed by atoms with E-state index in [2.05, 4.69) is 17.2 Å². The first-order valence-corrected chi connectivity index (χ1v) is 7.19. The van der Waals surface area contributed by atoms with Gasteiger partial charge >= 0.3 is 12.4 Å². The van der Waals surface area contributed by atoms with Crippen molar-refractivity contribution < 1.29 is 31.1 Å². The summed E-state index contributed by atoms with van der Waals surface area (Å²) in [4.78, 5) is 11.9. The predicted molar refractivity (Wildman–Crippen MR) is 82.1 cm³/mol. The van der Waals surface area contributed by atoms with Crippen molar-refractivity contribution in [3.05, 3.63) is 70.8 Å². The molecule has 0 saturated heterocycles. The van der Waals surface area contributed by atoms with Crippen LogP contribution < -0.4 is 5.32 Å². The van der Waals surface area contributed by atoms with Gasteiger partial charge in [0.2, 0.25) is 0 Å². The molecule has 0 aromatic heterocycles. The molecule has 2 aromatic rings. The molecule has 2 nitrogen and oxygen atoms in total. The monoisotopic (exact) mass is 371 g/mol. The Kier molecular flexibility index (Phi) is 5.60. The Labute approximate surface area is 144 Å². The van der Waals surface area contributed by atoms with Crippen LogP contribution >= 0.6 is 0 Å². The summed E-state index contributed by atoms with van der Waals surface area (Å²) in [6, 6.07) is 9.37. The minimum absolute atomic E-state index is 0.0357. The van der Waals surface area contributed by atoms with E-state index in [1.54, 1.807) is 30.3 Å². The molecule has 0 spiro atoms. The van der Waals surface area contributed by atoms with Crippen LogP contribution in [0.4, 0.5) is 26.3 Å². The minimum Gasteiger partial charge on any atom is -0.341 e. The molecule has 0 aliphatic rings. The van der Waals surface area contributed by atoms with Gasteiger partial charge in [0.1, 0.15) is 0 Å². The molecule has 0 aliphatic heterocycles. The summed E-state index contributed by atoms with van der Waals surface area (Å²) in [5.74, 6) is 4.18. The second-order valence-electron chi connectivity index (χ2n) is 5.15. The molecular weight excluding hydrogens is 360 g/mol. The Morgan fingerprint density at radius 3 is 1.92 bits per heavy atom. The Bertz CT molecular complexity index is 812. The zero-order chi connectivity index (χ0) is 19.4. The first-order chi connectivity index (χ1) is 12.1. The highest BCUT2D eigenvalue weighted by Crippen LogP contribution is 2.36. The van der Waals surface area contributed by atoms with Crippen molar-refractivity contribution in [1.82, 2.24) is 5.32 Å². The Balaban J connectivity index is 2.19. The highest BCUT2D eigenvalue weighted by molar-refractivity contribution is 5.94. The molecule has 2 rings (SSSR count). The third-order valence-corrected chi connectivity index (χ3v) is 3.19. The van der Waals surface area contributed by atoms with Crippen LogP contribution in [0.25, 0.3) is 0 Å². The first kappa shape index (κ1) is 19.4. The molecule has 0 fully saturated rings. The van der Waals surface area contributed by atoms with Crippen LogP contribution in [-0.4, -0.2) is 12.5 Å². The van der Waals surface area contributed by atoms with Crippen LogP contribution in [0.1, 0.15) is 27.0 Å². The van der Waals surface area contributed by atoms with Crippen LogP contribution in [0.5, 0.6) is 0 Å². The highest BCUT2D eigenvalue weighted by atomic mass is 19.4. The van der Waals surface area contributed by atoms with Crippen molar-refractivity contribution in [3.8, 4) is 11.8 Å². The van der Waals surface area contributed by atoms with Gasteiger partial charge in [-0.2, -0.15) is 26.3 Å². The maximum absolute atomic E-state index is 12.8. The lowest BCUT2D eigenvalue weighted by molar-refractivity contribution is -0.143. The molecular formula is C18H11F6NO. The number of hydrogen-bond acceptors (Lipinski definition) is 1. The summed E-state index contributed by atoms with van der Waals surface area (Å²) >= 11 is 0. The molecule has 0 atom stereocenters. The van der Waals surface area contributed by atoms with Crippen molar-refractivity contribution >= 4 is 5.91 Å². The number of rotatable bonds is 2. The third kappa shape index (κ3) is 5.28. The van der Waals surface area contributed by atoms with E-state index in [9.17, 15) is 31.1 Å². The molecule has 8 heteroatoms. The normalized spacial score (nSPS) is 11.5. The molecule has 136 valence electrons. The van der Waals surface area contributed by atoms with Crippen LogP contribution in [0.15, 0.2) is 48.5 Å². The van der Waals surface area contributed by atoms with E-state index in [1.165, 1.54) is 0 Å². The topological polar surface area (TPSA) is 29.1 Å². The smallest absolute Gasteiger partial charge is 0.341 e. The fourth-order valence-electron chi connectivity index (χ4n) is 1.98. The number of carbonyl (C=O) groups is 1. The molecule has 0 aliphatic carbocycles. The van der Waals surface area contributed by atoms with E-state index in [0.29, 0.717) is 17.7 Å². The lowest BCUT2D eigenvalue weighted by atomic mass is 10.0. The van der Waals surface area contributed by atoms with Crippen LogP contribution in [0.3, 0.4) is 0 Å². The lowest BCUT2D eigenvalue weighted by Crippen LogP contribution is -2.25. The van der Waals surface area contributed by atoms with Gasteiger partial charge < -0.3 is 5.32 Å². The quantitative estimate of drug-likeness (QED) is 0.611. The summed E-state index contributed by atoms with van der Waals surface area (Å²) in [7, 11) is 0. The van der Waals surface area contributed by atoms with Gasteiger partial charge in [-0.3, -0.25) is 4.79 Å². The number of alkyl halides is 6. The number of benzene rings is 2. The second-order valence-corrected chi connectivity index (χ2v) is 5.15. The maximum Gasteiger partial charge on any atom is 0.416 e. The molecule has 0 bridgehead atoms. The Hall–Kier alpha value is -2.95. The molecule has 1 amide bonds. The van der Waals surface area contributed by atoms with E-state index >= 15 is 0 Å². The van der Waals surface area contributed by atoms with Gasteiger partial charge in [0.25, 0.3) is 5.91 Å². The average molecular weight is 371 g/mol. The largest absolute Gasteiger partial charge is 0.416 e. The molecule has 0 heterocycles. The maximum atomic E-state index is 12.8. The highest BCUT2D eigenvalue weighted by Gasteiger charge is 2.37. The van der Waals surface area contributed by atoms with Gasteiger partial charge in [0.15, 0.2) is 0 Å². The first-order valence-electron chi connectivity index (χ1n) is 7.19. The molecule has 0 radical (unpaired) electrons. The van der Waals surface area contributed by atoms with Gasteiger partial charge in [-0.15, -0.1) is 0 Å². The van der Waals surface area contributed by atoms with E-state index in [0.717, 1.165) is 0 Å². The van der Waals surface area contributed by atoms with Crippen molar-refractivity contribution in [3.63, 3.8) is 0 Å². The van der Waals surface area contributed by atoms with Crippen LogP contribution in [-0.2, 0) is 12.4 Å². The van der Waals surface area contributed by atoms with Gasteiger partial charge in [-0.05, 0) is 30.3 Å². The van der Waals surface area contributed by atoms with Gasteiger partial charge in [0.05, 0.1) is 17.7 Å². The zero-order valence-electron chi connectivity index (χ0n) is 13.0. The number of nitrogens with one attached hydrogen (secondary N) is 1. The second kappa shape index (κ2) is 7.52. The van der Waals surface area contributed by atoms with Gasteiger partial charge in [-0.25, -0.2) is 0 Å². The lowest BCUT2D eigenvalue weighted by Gasteiger charge is -2.13. The zero-order valence-corrected chi connectivity index (χ0v) is 13.0. The fraction of sp³-hybridized carbons (Fsp3) is 0.167. The SMILES string of the molecule is O=C(NCC#Cc1ccccc1)c1cc(C(F)(F)F)cc(C(F)(F)F)c1. The summed E-state index contributed by atoms with van der Waals surface area (Å²) in [5, 5.41) is 2.18. The van der Waals surface area contributed by atoms with E-state index < -0.39 is 35.0 Å². The summed E-state index contributed by atoms with van der Waals surface area (Å²) < 4.78 is 76.6. The van der Waals surface area contributed by atoms with E-state index in [4.69, 9.17) is 0 Å². The summed E-state index contributed by atoms with van der Waals surface area (Å²) in [6.45, 7) is -0.231. The van der Waals surface area contributed by atoms with E-state index in [-0.39, 0.29) is 12.6 Å². The molecule has 2 aromatic carbocycles. The Morgan fingerprint density at radius 1 is 0.885 bits per heavy atom. The van der Waals surface area contributed by atoms with Crippen molar-refractivity contribution in [2.24, 2.45) is 0 Å². The van der Waals surface area contributed by atoms with Gasteiger partial charge in [0, 0.05) is 11.1 Å². The van der Waals surface area contributed by atoms with Crippen LogP contribution in [0, 0.1) is 11.8 Å². The standard InChI is InChI=1S/C18H11F6NO/c19-17(20,21)14-9-13(10-15(11-14)18(22,23)24)16(26)25-8-4-7-12-5-2-1-3-6-12/h1-3,5-6,9-11H,8H2,(H,25,26). The Morgan fingerprint density at radius 2 is 1.42 bits per heavy atom. The molecule has 0 unspecified atom stereocenters. The van der Waals surface area contributed by atoms with Crippen molar-refractivity contribution in [2.45, 2.75) is 12.4 Å². The van der Waals surface area contributed by atoms with Crippen molar-refractivity contribution in [2.75, 3.05) is 6.54 Å². The number of hydrogen-bond donors (Lipinski definition) is 1. The summed E-state index contributed by atoms with van der Waals surface area (Å²) in [6.07, 6.45) is -10.0. The third-order valence-electron chi connectivity index (χ3n) is 3.19. The average Bonchev–Trinajstić information content (AvgIpc) is 2.57. The fourth-order valence-corrected chi connectivity index (χ4v) is 1.98. The number of amides is 1. The number of carbonyl (C=O) groups excluding carboxylic acids is 1. The molecule has 1 N–H and O–H groups in total. The van der Waals surface area contributed by atoms with Crippen LogP contribution in [0.2, 0.25) is 0 Å². The molecule has 26 heavy (non-hydrogen) atoms. The predicted octanol–water partition coefficient (Wildman–Crippen LogP) is 4.51. The van der Waals surface area contributed by atoms with Crippen molar-refractivity contribution in [1.29, 1.82) is 0 Å². The minimum atomic E-state index is -5.01. The summed E-state index contributed by atoms with van der Waals surface area (Å²) in [5.41, 5.74) is -3.19.